The fourth-order valence-electron chi connectivity index (χ4n) is 1.62. The molecule has 0 fully saturated rings. The normalized spacial score (nSPS) is 11.4. The molecule has 17 heavy (non-hydrogen) atoms. The quantitative estimate of drug-likeness (QED) is 0.506. The van der Waals surface area contributed by atoms with Gasteiger partial charge in [0, 0.05) is 32.1 Å². The van der Waals surface area contributed by atoms with E-state index in [1.807, 2.05) is 14.1 Å². The summed E-state index contributed by atoms with van der Waals surface area (Å²) in [5, 5.41) is 3.25. The van der Waals surface area contributed by atoms with E-state index in [0.29, 0.717) is 0 Å². The summed E-state index contributed by atoms with van der Waals surface area (Å²) in [4.78, 5) is 7.66. The van der Waals surface area contributed by atoms with Gasteiger partial charge in [-0.3, -0.25) is 4.99 Å². The van der Waals surface area contributed by atoms with E-state index in [9.17, 15) is 0 Å². The molecule has 0 saturated carbocycles. The molecule has 0 bridgehead atoms. The van der Waals surface area contributed by atoms with E-state index in [2.05, 4.69) is 52.7 Å². The van der Waals surface area contributed by atoms with Crippen LogP contribution in [0.2, 0.25) is 0 Å². The monoisotopic (exact) mass is 251 g/mol. The summed E-state index contributed by atoms with van der Waals surface area (Å²) in [7, 11) is 3.86. The summed E-state index contributed by atoms with van der Waals surface area (Å²) in [6, 6.07) is 8.65. The van der Waals surface area contributed by atoms with Crippen LogP contribution in [-0.4, -0.2) is 37.8 Å². The van der Waals surface area contributed by atoms with E-state index < -0.39 is 0 Å². The van der Waals surface area contributed by atoms with Crippen LogP contribution in [0.25, 0.3) is 0 Å². The summed E-state index contributed by atoms with van der Waals surface area (Å²) in [5.74, 6) is 0.932. The molecule has 0 saturated heterocycles. The lowest BCUT2D eigenvalue weighted by Gasteiger charge is -2.21. The Morgan fingerprint density at radius 1 is 1.35 bits per heavy atom. The molecule has 0 radical (unpaired) electrons. The number of benzene rings is 1. The number of aliphatic imine (C=N–C) groups is 1. The van der Waals surface area contributed by atoms with Crippen LogP contribution in [-0.2, 0) is 6.54 Å². The molecule has 0 aliphatic rings. The maximum atomic E-state index is 4.23. The Morgan fingerprint density at radius 3 is 2.47 bits per heavy atom. The van der Waals surface area contributed by atoms with E-state index >= 15 is 0 Å². The first kappa shape index (κ1) is 13.9. The molecule has 94 valence electrons. The van der Waals surface area contributed by atoms with Crippen LogP contribution in [0.4, 0.5) is 0 Å². The van der Waals surface area contributed by atoms with Gasteiger partial charge in [-0.25, -0.2) is 0 Å². The first-order valence-electron chi connectivity index (χ1n) is 5.76. The number of guanidine groups is 1. The smallest absolute Gasteiger partial charge is 0.193 e. The molecule has 1 aromatic rings. The Hall–Kier alpha value is -1.16. The van der Waals surface area contributed by atoms with Crippen molar-refractivity contribution in [3.05, 3.63) is 29.8 Å². The lowest BCUT2D eigenvalue weighted by Crippen LogP contribution is -2.38. The van der Waals surface area contributed by atoms with Gasteiger partial charge >= 0.3 is 0 Å². The summed E-state index contributed by atoms with van der Waals surface area (Å²) >= 11 is 1.77. The molecule has 3 nitrogen and oxygen atoms in total. The highest BCUT2D eigenvalue weighted by Gasteiger charge is 2.04. The minimum atomic E-state index is 0.869. The van der Waals surface area contributed by atoms with Gasteiger partial charge < -0.3 is 10.2 Å². The molecule has 0 heterocycles. The zero-order valence-electron chi connectivity index (χ0n) is 11.0. The second kappa shape index (κ2) is 7.22. The van der Waals surface area contributed by atoms with Gasteiger partial charge in [-0.05, 0) is 30.9 Å². The SMILES string of the molecule is CCNC(=NC)N(C)Cc1ccc(SC)cc1. The largest absolute Gasteiger partial charge is 0.357 e. The summed E-state index contributed by atoms with van der Waals surface area (Å²) in [6.07, 6.45) is 2.09. The molecule has 0 aliphatic carbocycles. The molecule has 0 aromatic heterocycles. The molecule has 0 atom stereocenters. The Bertz CT molecular complexity index is 359. The predicted octanol–water partition coefficient (Wildman–Crippen LogP) is 2.44. The van der Waals surface area contributed by atoms with Crippen molar-refractivity contribution in [3.8, 4) is 0 Å². The van der Waals surface area contributed by atoms with Crippen LogP contribution < -0.4 is 5.32 Å². The van der Waals surface area contributed by atoms with Crippen molar-refractivity contribution in [2.75, 3.05) is 26.9 Å². The van der Waals surface area contributed by atoms with E-state index in [0.717, 1.165) is 19.0 Å². The van der Waals surface area contributed by atoms with Crippen molar-refractivity contribution in [2.24, 2.45) is 4.99 Å². The van der Waals surface area contributed by atoms with Crippen molar-refractivity contribution >= 4 is 17.7 Å². The zero-order valence-corrected chi connectivity index (χ0v) is 11.8. The molecule has 0 unspecified atom stereocenters. The number of thioether (sulfide) groups is 1. The minimum absolute atomic E-state index is 0.869. The molecular weight excluding hydrogens is 230 g/mol. The molecule has 0 aliphatic heterocycles. The zero-order chi connectivity index (χ0) is 12.7. The van der Waals surface area contributed by atoms with Gasteiger partial charge in [0.1, 0.15) is 0 Å². The van der Waals surface area contributed by atoms with E-state index in [1.54, 1.807) is 11.8 Å². The van der Waals surface area contributed by atoms with Crippen molar-refractivity contribution in [1.29, 1.82) is 0 Å². The van der Waals surface area contributed by atoms with Crippen LogP contribution in [0.15, 0.2) is 34.2 Å². The van der Waals surface area contributed by atoms with Crippen LogP contribution >= 0.6 is 11.8 Å². The Balaban J connectivity index is 2.63. The number of rotatable bonds is 4. The van der Waals surface area contributed by atoms with E-state index in [4.69, 9.17) is 0 Å². The van der Waals surface area contributed by atoms with Gasteiger partial charge in [0.15, 0.2) is 5.96 Å². The first-order valence-corrected chi connectivity index (χ1v) is 6.98. The molecule has 0 spiro atoms. The standard InChI is InChI=1S/C13H21N3S/c1-5-15-13(14-2)16(3)10-11-6-8-12(17-4)9-7-11/h6-9H,5,10H2,1-4H3,(H,14,15). The topological polar surface area (TPSA) is 27.6 Å². The van der Waals surface area contributed by atoms with Crippen molar-refractivity contribution in [1.82, 2.24) is 10.2 Å². The van der Waals surface area contributed by atoms with Gasteiger partial charge in [-0.15, -0.1) is 11.8 Å². The molecule has 0 amide bonds. The number of nitrogens with one attached hydrogen (secondary N) is 1. The second-order valence-electron chi connectivity index (χ2n) is 3.78. The van der Waals surface area contributed by atoms with Gasteiger partial charge in [0.25, 0.3) is 0 Å². The second-order valence-corrected chi connectivity index (χ2v) is 4.66. The highest BCUT2D eigenvalue weighted by atomic mass is 32.2. The van der Waals surface area contributed by atoms with Gasteiger partial charge in [-0.1, -0.05) is 12.1 Å². The Kier molecular flexibility index (Phi) is 5.91. The highest BCUT2D eigenvalue weighted by Crippen LogP contribution is 2.15. The summed E-state index contributed by atoms with van der Waals surface area (Å²) in [5.41, 5.74) is 1.30. The molecular formula is C13H21N3S. The highest BCUT2D eigenvalue weighted by molar-refractivity contribution is 7.98. The third-order valence-corrected chi connectivity index (χ3v) is 3.23. The lowest BCUT2D eigenvalue weighted by atomic mass is 10.2. The molecule has 1 rings (SSSR count). The lowest BCUT2D eigenvalue weighted by molar-refractivity contribution is 0.479. The van der Waals surface area contributed by atoms with E-state index in [1.165, 1.54) is 10.5 Å². The maximum Gasteiger partial charge on any atom is 0.193 e. The average molecular weight is 251 g/mol. The third-order valence-electron chi connectivity index (χ3n) is 2.49. The van der Waals surface area contributed by atoms with Crippen LogP contribution in [0.5, 0.6) is 0 Å². The maximum absolute atomic E-state index is 4.23. The predicted molar refractivity (Wildman–Crippen MR) is 76.7 cm³/mol. The fourth-order valence-corrected chi connectivity index (χ4v) is 2.03. The van der Waals surface area contributed by atoms with Crippen molar-refractivity contribution in [3.63, 3.8) is 0 Å². The van der Waals surface area contributed by atoms with Crippen LogP contribution in [0.3, 0.4) is 0 Å². The molecule has 1 N–H and O–H groups in total. The van der Waals surface area contributed by atoms with Crippen LogP contribution in [0.1, 0.15) is 12.5 Å². The average Bonchev–Trinajstić information content (AvgIpc) is 2.36. The molecule has 4 heteroatoms. The van der Waals surface area contributed by atoms with Crippen LogP contribution in [0, 0.1) is 0 Å². The fraction of sp³-hybridized carbons (Fsp3) is 0.462. The summed E-state index contributed by atoms with van der Waals surface area (Å²) in [6.45, 7) is 3.84. The third kappa shape index (κ3) is 4.30. The van der Waals surface area contributed by atoms with Gasteiger partial charge in [0.2, 0.25) is 0 Å². The number of hydrogen-bond acceptors (Lipinski definition) is 2. The van der Waals surface area contributed by atoms with Gasteiger partial charge in [0.05, 0.1) is 0 Å². The molecule has 1 aromatic carbocycles. The number of nitrogens with zero attached hydrogens (tertiary/aromatic N) is 2. The van der Waals surface area contributed by atoms with Crippen molar-refractivity contribution < 1.29 is 0 Å². The van der Waals surface area contributed by atoms with E-state index in [-0.39, 0.29) is 0 Å². The first-order chi connectivity index (χ1) is 8.21. The minimum Gasteiger partial charge on any atom is -0.357 e. The Labute approximate surface area is 108 Å². The summed E-state index contributed by atoms with van der Waals surface area (Å²) < 4.78 is 0. The Morgan fingerprint density at radius 2 is 2.00 bits per heavy atom. The van der Waals surface area contributed by atoms with Crippen molar-refractivity contribution in [2.45, 2.75) is 18.4 Å². The van der Waals surface area contributed by atoms with Gasteiger partial charge in [-0.2, -0.15) is 0 Å². The number of hydrogen-bond donors (Lipinski definition) is 1.